The largest absolute Gasteiger partial charge is 0.369 e. The second kappa shape index (κ2) is 9.32. The molecule has 0 saturated carbocycles. The lowest BCUT2D eigenvalue weighted by atomic mass is 10.2. The highest BCUT2D eigenvalue weighted by Crippen LogP contribution is 2.16. The van der Waals surface area contributed by atoms with Gasteiger partial charge in [-0.15, -0.1) is 0 Å². The van der Waals surface area contributed by atoms with Gasteiger partial charge in [0.25, 0.3) is 0 Å². The third-order valence-corrected chi connectivity index (χ3v) is 4.64. The quantitative estimate of drug-likeness (QED) is 0.817. The molecule has 0 bridgehead atoms. The summed E-state index contributed by atoms with van der Waals surface area (Å²) in [6.07, 6.45) is 0. The van der Waals surface area contributed by atoms with Crippen LogP contribution in [0.3, 0.4) is 0 Å². The van der Waals surface area contributed by atoms with E-state index in [4.69, 9.17) is 0 Å². The molecule has 0 aliphatic carbocycles. The molecule has 5 nitrogen and oxygen atoms in total. The van der Waals surface area contributed by atoms with Gasteiger partial charge in [-0.2, -0.15) is 0 Å². The summed E-state index contributed by atoms with van der Waals surface area (Å²) in [6, 6.07) is 12.4. The number of benzene rings is 2. The molecule has 2 aromatic carbocycles. The number of anilines is 1. The number of carbonyl (C=O) groups is 1. The number of nitrogens with zero attached hydrogens (tertiary/aromatic N) is 2. The summed E-state index contributed by atoms with van der Waals surface area (Å²) < 4.78 is 25.8. The van der Waals surface area contributed by atoms with Crippen molar-refractivity contribution >= 4 is 11.7 Å². The maximum Gasteiger partial charge on any atom is 0.315 e. The topological polar surface area (TPSA) is 47.6 Å². The van der Waals surface area contributed by atoms with Gasteiger partial charge in [0.1, 0.15) is 11.6 Å². The highest BCUT2D eigenvalue weighted by atomic mass is 19.1. The summed E-state index contributed by atoms with van der Waals surface area (Å²) in [6.45, 7) is 5.26. The Morgan fingerprint density at radius 3 is 2.07 bits per heavy atom. The zero-order valence-corrected chi connectivity index (χ0v) is 15.1. The standard InChI is InChI=1S/C20H24F2N4O/c21-17-3-1-16(2-4-17)15-24-20(27)23-9-10-25-11-13-26(14-12-25)19-7-5-18(22)6-8-19/h1-8H,9-15H2,(H2,23,24,27). The fourth-order valence-corrected chi connectivity index (χ4v) is 3.06. The first kappa shape index (κ1) is 19.1. The van der Waals surface area contributed by atoms with Crippen molar-refractivity contribution in [1.29, 1.82) is 0 Å². The molecule has 0 unspecified atom stereocenters. The van der Waals surface area contributed by atoms with E-state index in [1.54, 1.807) is 24.3 Å². The fraction of sp³-hybridized carbons (Fsp3) is 0.350. The predicted molar refractivity (Wildman–Crippen MR) is 102 cm³/mol. The van der Waals surface area contributed by atoms with Crippen molar-refractivity contribution in [2.45, 2.75) is 6.54 Å². The Morgan fingerprint density at radius 2 is 1.44 bits per heavy atom. The fourth-order valence-electron chi connectivity index (χ4n) is 3.06. The van der Waals surface area contributed by atoms with Gasteiger partial charge in [-0.3, -0.25) is 4.90 Å². The molecule has 2 aromatic rings. The van der Waals surface area contributed by atoms with Crippen molar-refractivity contribution < 1.29 is 13.6 Å². The first-order chi connectivity index (χ1) is 13.1. The minimum atomic E-state index is -0.289. The van der Waals surface area contributed by atoms with E-state index in [9.17, 15) is 13.6 Å². The van der Waals surface area contributed by atoms with E-state index in [0.717, 1.165) is 44.0 Å². The van der Waals surface area contributed by atoms with Crippen molar-refractivity contribution in [3.05, 3.63) is 65.7 Å². The molecule has 144 valence electrons. The number of amides is 2. The van der Waals surface area contributed by atoms with Gasteiger partial charge < -0.3 is 15.5 Å². The average molecular weight is 374 g/mol. The highest BCUT2D eigenvalue weighted by Gasteiger charge is 2.17. The Kier molecular flexibility index (Phi) is 6.59. The third kappa shape index (κ3) is 5.92. The SMILES string of the molecule is O=C(NCCN1CCN(c2ccc(F)cc2)CC1)NCc1ccc(F)cc1. The Hall–Kier alpha value is -2.67. The molecule has 2 N–H and O–H groups in total. The first-order valence-corrected chi connectivity index (χ1v) is 9.09. The summed E-state index contributed by atoms with van der Waals surface area (Å²) in [5.74, 6) is -0.510. The second-order valence-electron chi connectivity index (χ2n) is 6.54. The van der Waals surface area contributed by atoms with Crippen LogP contribution in [0.2, 0.25) is 0 Å². The Labute approximate surface area is 158 Å². The number of rotatable bonds is 6. The van der Waals surface area contributed by atoms with Gasteiger partial charge in [0.15, 0.2) is 0 Å². The average Bonchev–Trinajstić information content (AvgIpc) is 2.69. The summed E-state index contributed by atoms with van der Waals surface area (Å²) in [5, 5.41) is 5.60. The van der Waals surface area contributed by atoms with Crippen molar-refractivity contribution in [3.63, 3.8) is 0 Å². The molecule has 7 heteroatoms. The highest BCUT2D eigenvalue weighted by molar-refractivity contribution is 5.73. The zero-order chi connectivity index (χ0) is 19.1. The third-order valence-electron chi connectivity index (χ3n) is 4.64. The van der Waals surface area contributed by atoms with Gasteiger partial charge in [0.05, 0.1) is 0 Å². The first-order valence-electron chi connectivity index (χ1n) is 9.09. The molecule has 27 heavy (non-hydrogen) atoms. The Morgan fingerprint density at radius 1 is 0.852 bits per heavy atom. The molecule has 1 aliphatic heterocycles. The van der Waals surface area contributed by atoms with Gasteiger partial charge in [-0.25, -0.2) is 13.6 Å². The van der Waals surface area contributed by atoms with Crippen molar-refractivity contribution in [1.82, 2.24) is 15.5 Å². The van der Waals surface area contributed by atoms with Crippen LogP contribution in [0.15, 0.2) is 48.5 Å². The van der Waals surface area contributed by atoms with Crippen LogP contribution in [0.1, 0.15) is 5.56 Å². The molecule has 0 atom stereocenters. The van der Waals surface area contributed by atoms with E-state index in [0.29, 0.717) is 13.1 Å². The summed E-state index contributed by atoms with van der Waals surface area (Å²) in [7, 11) is 0. The molecule has 0 spiro atoms. The monoisotopic (exact) mass is 374 g/mol. The van der Waals surface area contributed by atoms with Gasteiger partial charge in [0, 0.05) is 51.5 Å². The van der Waals surface area contributed by atoms with Crippen LogP contribution in [0.4, 0.5) is 19.3 Å². The van der Waals surface area contributed by atoms with E-state index in [1.807, 2.05) is 0 Å². The lowest BCUT2D eigenvalue weighted by molar-refractivity contribution is 0.231. The van der Waals surface area contributed by atoms with Crippen LogP contribution in [-0.4, -0.2) is 50.2 Å². The van der Waals surface area contributed by atoms with Crippen LogP contribution in [0, 0.1) is 11.6 Å². The molecule has 1 heterocycles. The van der Waals surface area contributed by atoms with E-state index in [-0.39, 0.29) is 17.7 Å². The van der Waals surface area contributed by atoms with E-state index in [2.05, 4.69) is 20.4 Å². The molecule has 1 aliphatic rings. The Balaban J connectivity index is 1.31. The smallest absolute Gasteiger partial charge is 0.315 e. The number of hydrogen-bond donors (Lipinski definition) is 2. The molecular weight excluding hydrogens is 350 g/mol. The lowest BCUT2D eigenvalue weighted by Crippen LogP contribution is -2.49. The minimum Gasteiger partial charge on any atom is -0.369 e. The Bertz CT molecular complexity index is 729. The maximum atomic E-state index is 13.0. The normalized spacial score (nSPS) is 14.8. The van der Waals surface area contributed by atoms with Crippen molar-refractivity contribution in [2.24, 2.45) is 0 Å². The van der Waals surface area contributed by atoms with Gasteiger partial charge in [-0.05, 0) is 42.0 Å². The van der Waals surface area contributed by atoms with Crippen LogP contribution in [0.5, 0.6) is 0 Å². The lowest BCUT2D eigenvalue weighted by Gasteiger charge is -2.36. The van der Waals surface area contributed by atoms with Crippen molar-refractivity contribution in [2.75, 3.05) is 44.2 Å². The van der Waals surface area contributed by atoms with E-state index >= 15 is 0 Å². The summed E-state index contributed by atoms with van der Waals surface area (Å²) in [5.41, 5.74) is 1.89. The van der Waals surface area contributed by atoms with Crippen LogP contribution >= 0.6 is 0 Å². The van der Waals surface area contributed by atoms with E-state index < -0.39 is 0 Å². The van der Waals surface area contributed by atoms with Crippen LogP contribution < -0.4 is 15.5 Å². The van der Waals surface area contributed by atoms with Gasteiger partial charge >= 0.3 is 6.03 Å². The maximum absolute atomic E-state index is 13.0. The summed E-state index contributed by atoms with van der Waals surface area (Å²) >= 11 is 0. The number of hydrogen-bond acceptors (Lipinski definition) is 3. The molecule has 2 amide bonds. The van der Waals surface area contributed by atoms with E-state index in [1.165, 1.54) is 24.3 Å². The number of piperazine rings is 1. The number of nitrogens with one attached hydrogen (secondary N) is 2. The number of urea groups is 1. The van der Waals surface area contributed by atoms with Crippen molar-refractivity contribution in [3.8, 4) is 0 Å². The molecule has 0 radical (unpaired) electrons. The summed E-state index contributed by atoms with van der Waals surface area (Å²) in [4.78, 5) is 16.4. The van der Waals surface area contributed by atoms with Crippen LogP contribution in [-0.2, 0) is 6.54 Å². The molecule has 3 rings (SSSR count). The zero-order valence-electron chi connectivity index (χ0n) is 15.1. The predicted octanol–water partition coefficient (Wildman–Crippen LogP) is 2.59. The molecular formula is C20H24F2N4O. The van der Waals surface area contributed by atoms with Gasteiger partial charge in [0.2, 0.25) is 0 Å². The molecule has 1 saturated heterocycles. The minimum absolute atomic E-state index is 0.221. The number of carbonyl (C=O) groups excluding carboxylic acids is 1. The molecule has 1 fully saturated rings. The number of halogens is 2. The van der Waals surface area contributed by atoms with Gasteiger partial charge in [-0.1, -0.05) is 12.1 Å². The second-order valence-corrected chi connectivity index (χ2v) is 6.54. The van der Waals surface area contributed by atoms with Crippen LogP contribution in [0.25, 0.3) is 0 Å². The molecule has 0 aromatic heterocycles.